The molecule has 1 aromatic carbocycles. The van der Waals surface area contributed by atoms with Gasteiger partial charge in [0.05, 0.1) is 0 Å². The van der Waals surface area contributed by atoms with Gasteiger partial charge in [0.1, 0.15) is 0 Å². The van der Waals surface area contributed by atoms with Crippen molar-refractivity contribution in [1.29, 1.82) is 0 Å². The van der Waals surface area contributed by atoms with Crippen LogP contribution in [0.15, 0.2) is 29.4 Å². The van der Waals surface area contributed by atoms with Crippen LogP contribution in [0.2, 0.25) is 0 Å². The lowest BCUT2D eigenvalue weighted by Crippen LogP contribution is -2.16. The van der Waals surface area contributed by atoms with Gasteiger partial charge in [-0.2, -0.15) is 0 Å². The van der Waals surface area contributed by atoms with Crippen LogP contribution in [-0.4, -0.2) is 17.0 Å². The molecule has 0 aliphatic heterocycles. The summed E-state index contributed by atoms with van der Waals surface area (Å²) in [6.45, 7) is 3.96. The normalized spacial score (nSPS) is 11.6. The third kappa shape index (κ3) is 4.14. The van der Waals surface area contributed by atoms with E-state index in [0.29, 0.717) is 23.6 Å². The average molecular weight is 235 g/mol. The molecule has 1 aromatic rings. The summed E-state index contributed by atoms with van der Waals surface area (Å²) in [4.78, 5) is 11.6. The molecule has 5 nitrogen and oxygen atoms in total. The number of amides is 1. The second kappa shape index (κ2) is 5.89. The fraction of sp³-hybridized carbons (Fsp3) is 0.333. The van der Waals surface area contributed by atoms with Crippen molar-refractivity contribution in [3.8, 4) is 0 Å². The zero-order chi connectivity index (χ0) is 12.8. The molecule has 92 valence electrons. The Morgan fingerprint density at radius 2 is 2.24 bits per heavy atom. The van der Waals surface area contributed by atoms with E-state index in [9.17, 15) is 4.79 Å². The zero-order valence-electron chi connectivity index (χ0n) is 9.97. The third-order valence-electron chi connectivity index (χ3n) is 2.14. The van der Waals surface area contributed by atoms with E-state index in [-0.39, 0.29) is 11.7 Å². The number of nitrogens with two attached hydrogens (primary N) is 1. The minimum absolute atomic E-state index is 0.0185. The number of benzene rings is 1. The minimum atomic E-state index is -0.0448. The van der Waals surface area contributed by atoms with Crippen molar-refractivity contribution >= 4 is 17.4 Å². The maximum Gasteiger partial charge on any atom is 0.224 e. The lowest BCUT2D eigenvalue weighted by atomic mass is 10.1. The molecule has 0 radical (unpaired) electrons. The number of carbonyl (C=O) groups is 1. The van der Waals surface area contributed by atoms with Crippen molar-refractivity contribution < 1.29 is 10.0 Å². The summed E-state index contributed by atoms with van der Waals surface area (Å²) in [6, 6.07) is 6.85. The molecule has 0 atom stereocenters. The highest BCUT2D eigenvalue weighted by atomic mass is 16.4. The Kier molecular flexibility index (Phi) is 4.51. The molecule has 0 aliphatic carbocycles. The number of anilines is 1. The number of nitrogens with one attached hydrogen (secondary N) is 1. The first-order valence-corrected chi connectivity index (χ1v) is 5.40. The Hall–Kier alpha value is -2.04. The van der Waals surface area contributed by atoms with Crippen molar-refractivity contribution in [2.24, 2.45) is 16.8 Å². The smallest absolute Gasteiger partial charge is 0.224 e. The number of amidine groups is 1. The van der Waals surface area contributed by atoms with Gasteiger partial charge in [0.25, 0.3) is 0 Å². The van der Waals surface area contributed by atoms with Gasteiger partial charge in [0.15, 0.2) is 5.84 Å². The minimum Gasteiger partial charge on any atom is -0.409 e. The van der Waals surface area contributed by atoms with Gasteiger partial charge in [-0.1, -0.05) is 31.1 Å². The maximum absolute atomic E-state index is 11.6. The van der Waals surface area contributed by atoms with Gasteiger partial charge in [0.2, 0.25) is 5.91 Å². The molecule has 0 aliphatic rings. The van der Waals surface area contributed by atoms with Gasteiger partial charge in [-0.15, -0.1) is 0 Å². The Morgan fingerprint density at radius 3 is 2.82 bits per heavy atom. The maximum atomic E-state index is 11.6. The summed E-state index contributed by atoms with van der Waals surface area (Å²) in [5, 5.41) is 14.2. The van der Waals surface area contributed by atoms with Crippen LogP contribution < -0.4 is 11.1 Å². The van der Waals surface area contributed by atoms with Gasteiger partial charge in [-0.25, -0.2) is 0 Å². The molecule has 0 saturated carbocycles. The molecule has 17 heavy (non-hydrogen) atoms. The number of nitrogens with zero attached hydrogens (tertiary/aromatic N) is 1. The Balaban J connectivity index is 2.76. The number of oxime groups is 1. The van der Waals surface area contributed by atoms with Crippen molar-refractivity contribution in [2.75, 3.05) is 5.32 Å². The van der Waals surface area contributed by atoms with Crippen LogP contribution in [0.1, 0.15) is 25.8 Å². The number of rotatable bonds is 4. The van der Waals surface area contributed by atoms with Crippen LogP contribution in [-0.2, 0) is 4.79 Å². The summed E-state index contributed by atoms with van der Waals surface area (Å²) in [6.07, 6.45) is 0.466. The van der Waals surface area contributed by atoms with E-state index in [1.807, 2.05) is 13.8 Å². The molecule has 0 spiro atoms. The molecule has 1 amide bonds. The van der Waals surface area contributed by atoms with Crippen LogP contribution in [0.4, 0.5) is 5.69 Å². The van der Waals surface area contributed by atoms with E-state index in [1.165, 1.54) is 0 Å². The van der Waals surface area contributed by atoms with Crippen molar-refractivity contribution in [2.45, 2.75) is 20.3 Å². The summed E-state index contributed by atoms with van der Waals surface area (Å²) in [7, 11) is 0. The largest absolute Gasteiger partial charge is 0.409 e. The first-order valence-electron chi connectivity index (χ1n) is 5.40. The first-order chi connectivity index (χ1) is 8.02. The molecule has 0 saturated heterocycles. The summed E-state index contributed by atoms with van der Waals surface area (Å²) in [5.74, 6) is 0.281. The quantitative estimate of drug-likeness (QED) is 0.321. The molecule has 4 N–H and O–H groups in total. The van der Waals surface area contributed by atoms with E-state index in [2.05, 4.69) is 10.5 Å². The Bertz CT molecular complexity index is 428. The molecule has 5 heteroatoms. The average Bonchev–Trinajstić information content (AvgIpc) is 2.27. The van der Waals surface area contributed by atoms with Gasteiger partial charge in [-0.05, 0) is 18.1 Å². The van der Waals surface area contributed by atoms with Crippen LogP contribution >= 0.6 is 0 Å². The van der Waals surface area contributed by atoms with Crippen molar-refractivity contribution in [3.05, 3.63) is 29.8 Å². The van der Waals surface area contributed by atoms with E-state index in [0.717, 1.165) is 0 Å². The highest BCUT2D eigenvalue weighted by molar-refractivity contribution is 5.99. The lowest BCUT2D eigenvalue weighted by Gasteiger charge is -2.08. The number of hydrogen-bond acceptors (Lipinski definition) is 3. The molecule has 0 heterocycles. The van der Waals surface area contributed by atoms with E-state index < -0.39 is 0 Å². The summed E-state index contributed by atoms with van der Waals surface area (Å²) >= 11 is 0. The van der Waals surface area contributed by atoms with Crippen molar-refractivity contribution in [1.82, 2.24) is 0 Å². The molecule has 0 fully saturated rings. The fourth-order valence-electron chi connectivity index (χ4n) is 1.40. The predicted molar refractivity (Wildman–Crippen MR) is 67.0 cm³/mol. The standard InChI is InChI=1S/C12H17N3O2/c1-8(2)6-11(16)14-10-5-3-4-9(7-10)12(13)15-17/h3-5,7-8,17H,6H2,1-2H3,(H2,13,15)(H,14,16). The molecule has 0 aromatic heterocycles. The lowest BCUT2D eigenvalue weighted by molar-refractivity contribution is -0.116. The first kappa shape index (κ1) is 13.0. The number of carbonyl (C=O) groups excluding carboxylic acids is 1. The van der Waals surface area contributed by atoms with Crippen LogP contribution in [0, 0.1) is 5.92 Å². The Morgan fingerprint density at radius 1 is 1.53 bits per heavy atom. The second-order valence-corrected chi connectivity index (χ2v) is 4.21. The molecule has 0 bridgehead atoms. The molecule has 1 rings (SSSR count). The topological polar surface area (TPSA) is 87.7 Å². The van der Waals surface area contributed by atoms with Crippen LogP contribution in [0.5, 0.6) is 0 Å². The van der Waals surface area contributed by atoms with Gasteiger partial charge < -0.3 is 16.3 Å². The van der Waals surface area contributed by atoms with E-state index >= 15 is 0 Å². The van der Waals surface area contributed by atoms with Crippen molar-refractivity contribution in [3.63, 3.8) is 0 Å². The van der Waals surface area contributed by atoms with E-state index in [4.69, 9.17) is 10.9 Å². The molecular formula is C12H17N3O2. The second-order valence-electron chi connectivity index (χ2n) is 4.21. The number of hydrogen-bond donors (Lipinski definition) is 3. The fourth-order valence-corrected chi connectivity index (χ4v) is 1.40. The predicted octanol–water partition coefficient (Wildman–Crippen LogP) is 1.77. The highest BCUT2D eigenvalue weighted by Crippen LogP contribution is 2.12. The highest BCUT2D eigenvalue weighted by Gasteiger charge is 2.06. The Labute approximate surface area is 100 Å². The SMILES string of the molecule is CC(C)CC(=O)Nc1cccc(C(N)=NO)c1. The summed E-state index contributed by atoms with van der Waals surface area (Å²) < 4.78 is 0. The third-order valence-corrected chi connectivity index (χ3v) is 2.14. The van der Waals surface area contributed by atoms with Gasteiger partial charge in [0, 0.05) is 17.7 Å². The monoisotopic (exact) mass is 235 g/mol. The summed E-state index contributed by atoms with van der Waals surface area (Å²) in [5.41, 5.74) is 6.67. The van der Waals surface area contributed by atoms with Crippen LogP contribution in [0.3, 0.4) is 0 Å². The molecular weight excluding hydrogens is 218 g/mol. The molecule has 0 unspecified atom stereocenters. The zero-order valence-corrected chi connectivity index (χ0v) is 9.97. The van der Waals surface area contributed by atoms with Gasteiger partial charge in [-0.3, -0.25) is 4.79 Å². The van der Waals surface area contributed by atoms with Crippen LogP contribution in [0.25, 0.3) is 0 Å². The van der Waals surface area contributed by atoms with E-state index in [1.54, 1.807) is 24.3 Å². The van der Waals surface area contributed by atoms with Gasteiger partial charge >= 0.3 is 0 Å².